The van der Waals surface area contributed by atoms with E-state index in [1.807, 2.05) is 42.5 Å². The Balaban J connectivity index is 1.93. The van der Waals surface area contributed by atoms with Crippen molar-refractivity contribution in [2.24, 2.45) is 11.8 Å². The summed E-state index contributed by atoms with van der Waals surface area (Å²) in [6, 6.07) is 9.37. The molecule has 1 aromatic carbocycles. The lowest BCUT2D eigenvalue weighted by Crippen LogP contribution is -2.28. The van der Waals surface area contributed by atoms with Crippen LogP contribution in [0.25, 0.3) is 0 Å². The second-order valence-electron chi connectivity index (χ2n) is 11.2. The maximum atomic E-state index is 12.9. The summed E-state index contributed by atoms with van der Waals surface area (Å²) in [5.74, 6) is -0.0932. The quantitative estimate of drug-likeness (QED) is 0.0730. The molecular formula is C34H52O7. The van der Waals surface area contributed by atoms with Gasteiger partial charge in [-0.25, -0.2) is 4.79 Å². The Labute approximate surface area is 247 Å². The van der Waals surface area contributed by atoms with Gasteiger partial charge in [-0.2, -0.15) is 0 Å². The van der Waals surface area contributed by atoms with Crippen LogP contribution >= 0.6 is 0 Å². The summed E-state index contributed by atoms with van der Waals surface area (Å²) in [5.41, 5.74) is 0.485. The lowest BCUT2D eigenvalue weighted by atomic mass is 9.86. The number of carbonyl (C=O) groups is 2. The topological polar surface area (TPSA) is 102 Å². The van der Waals surface area contributed by atoms with Crippen LogP contribution in [0.1, 0.15) is 96.8 Å². The molecule has 0 saturated heterocycles. The number of aliphatic hydroxyl groups excluding tert-OH is 2. The molecule has 230 valence electrons. The summed E-state index contributed by atoms with van der Waals surface area (Å²) in [5, 5.41) is 21.6. The average molecular weight is 573 g/mol. The largest absolute Gasteiger partial charge is 0.491 e. The van der Waals surface area contributed by atoms with Gasteiger partial charge < -0.3 is 24.4 Å². The SMILES string of the molecule is C=C(CCCCCCCC)C(=O)O[C@@H]1C[C@H](O)[C@H](C/C=C\CCCC(=O)OC)[C@H]1CC[C@@H](O)COc1ccccc1. The molecule has 2 N–H and O–H groups in total. The summed E-state index contributed by atoms with van der Waals surface area (Å²) in [6.45, 7) is 6.34. The van der Waals surface area contributed by atoms with Gasteiger partial charge in [0.2, 0.25) is 0 Å². The van der Waals surface area contributed by atoms with E-state index in [0.717, 1.165) is 19.3 Å². The van der Waals surface area contributed by atoms with Crippen LogP contribution in [0.3, 0.4) is 0 Å². The smallest absolute Gasteiger partial charge is 0.333 e. The number of carbonyl (C=O) groups excluding carboxylic acids is 2. The van der Waals surface area contributed by atoms with E-state index in [9.17, 15) is 19.8 Å². The number of aliphatic hydroxyl groups is 2. The molecule has 0 unspecified atom stereocenters. The molecule has 1 saturated carbocycles. The van der Waals surface area contributed by atoms with Gasteiger partial charge in [-0.3, -0.25) is 4.79 Å². The maximum Gasteiger partial charge on any atom is 0.333 e. The van der Waals surface area contributed by atoms with Gasteiger partial charge in [-0.15, -0.1) is 0 Å². The highest BCUT2D eigenvalue weighted by atomic mass is 16.5. The minimum absolute atomic E-state index is 0.0955. The van der Waals surface area contributed by atoms with Gasteiger partial charge in [0, 0.05) is 24.3 Å². The fourth-order valence-electron chi connectivity index (χ4n) is 5.47. The highest BCUT2D eigenvalue weighted by molar-refractivity contribution is 5.87. The maximum absolute atomic E-state index is 12.9. The van der Waals surface area contributed by atoms with Crippen molar-refractivity contribution >= 4 is 11.9 Å². The van der Waals surface area contributed by atoms with E-state index in [-0.39, 0.29) is 30.4 Å². The first kappa shape index (κ1) is 34.6. The normalized spacial score (nSPS) is 21.1. The van der Waals surface area contributed by atoms with E-state index in [0.29, 0.717) is 56.3 Å². The molecule has 0 radical (unpaired) electrons. The van der Waals surface area contributed by atoms with Gasteiger partial charge in [-0.05, 0) is 63.0 Å². The van der Waals surface area contributed by atoms with Gasteiger partial charge in [0.15, 0.2) is 0 Å². The van der Waals surface area contributed by atoms with Crippen LogP contribution in [0.5, 0.6) is 5.75 Å². The Morgan fingerprint density at radius 3 is 2.49 bits per heavy atom. The van der Waals surface area contributed by atoms with Crippen LogP contribution in [0.15, 0.2) is 54.6 Å². The van der Waals surface area contributed by atoms with Crippen molar-refractivity contribution in [2.45, 2.75) is 115 Å². The fraction of sp³-hybridized carbons (Fsp3) is 0.647. The van der Waals surface area contributed by atoms with E-state index in [4.69, 9.17) is 9.47 Å². The molecule has 0 heterocycles. The van der Waals surface area contributed by atoms with Gasteiger partial charge >= 0.3 is 11.9 Å². The number of esters is 2. The van der Waals surface area contributed by atoms with Crippen LogP contribution < -0.4 is 4.74 Å². The van der Waals surface area contributed by atoms with Crippen LogP contribution in [0.2, 0.25) is 0 Å². The van der Waals surface area contributed by atoms with Crippen molar-refractivity contribution in [3.63, 3.8) is 0 Å². The molecule has 2 rings (SSSR count). The molecule has 5 atom stereocenters. The first-order valence-corrected chi connectivity index (χ1v) is 15.5. The molecule has 1 aliphatic rings. The van der Waals surface area contributed by atoms with Gasteiger partial charge in [0.25, 0.3) is 0 Å². The highest BCUT2D eigenvalue weighted by Crippen LogP contribution is 2.40. The molecule has 0 spiro atoms. The van der Waals surface area contributed by atoms with E-state index in [2.05, 4.69) is 18.2 Å². The Bertz CT molecular complexity index is 913. The first-order chi connectivity index (χ1) is 19.8. The standard InChI is InChI=1S/C34H52O7/c1-4-5-6-7-8-12-17-26(2)34(38)41-32-24-31(36)29(20-15-9-10-16-21-33(37)39-3)30(32)23-22-27(35)25-40-28-18-13-11-14-19-28/h9,11,13-15,18-19,27,29-32,35-36H,2,4-8,10,12,16-17,20-25H2,1,3H3/b15-9-/t27-,29-,30-,31+,32-/m1/s1. The summed E-state index contributed by atoms with van der Waals surface area (Å²) in [6.07, 6.45) is 13.7. The van der Waals surface area contributed by atoms with Crippen molar-refractivity contribution < 1.29 is 34.0 Å². The lowest BCUT2D eigenvalue weighted by molar-refractivity contribution is -0.147. The molecule has 0 aromatic heterocycles. The molecule has 0 bridgehead atoms. The molecule has 0 aliphatic heterocycles. The second kappa shape index (κ2) is 20.3. The third kappa shape index (κ3) is 13.7. The first-order valence-electron chi connectivity index (χ1n) is 15.5. The number of para-hydroxylation sites is 1. The zero-order valence-corrected chi connectivity index (χ0v) is 25.2. The number of ether oxygens (including phenoxy) is 3. The number of methoxy groups -OCH3 is 1. The van der Waals surface area contributed by atoms with E-state index < -0.39 is 18.3 Å². The monoisotopic (exact) mass is 572 g/mol. The fourth-order valence-corrected chi connectivity index (χ4v) is 5.47. The minimum Gasteiger partial charge on any atom is -0.491 e. The Kier molecular flexibility index (Phi) is 17.1. The van der Waals surface area contributed by atoms with Gasteiger partial charge in [0.1, 0.15) is 18.5 Å². The van der Waals surface area contributed by atoms with E-state index in [1.54, 1.807) is 0 Å². The van der Waals surface area contributed by atoms with Gasteiger partial charge in [-0.1, -0.05) is 76.0 Å². The summed E-state index contributed by atoms with van der Waals surface area (Å²) in [4.78, 5) is 24.2. The minimum atomic E-state index is -0.679. The highest BCUT2D eigenvalue weighted by Gasteiger charge is 2.44. The predicted molar refractivity (Wildman–Crippen MR) is 161 cm³/mol. The van der Waals surface area contributed by atoms with Crippen molar-refractivity contribution in [2.75, 3.05) is 13.7 Å². The third-order valence-electron chi connectivity index (χ3n) is 7.95. The molecule has 1 fully saturated rings. The number of allylic oxidation sites excluding steroid dienone is 2. The summed E-state index contributed by atoms with van der Waals surface area (Å²) in [7, 11) is 1.39. The van der Waals surface area contributed by atoms with E-state index in [1.165, 1.54) is 32.8 Å². The number of hydrogen-bond acceptors (Lipinski definition) is 7. The van der Waals surface area contributed by atoms with Crippen molar-refractivity contribution in [1.82, 2.24) is 0 Å². The number of rotatable bonds is 21. The van der Waals surface area contributed by atoms with Gasteiger partial charge in [0.05, 0.1) is 19.3 Å². The molecule has 1 aliphatic carbocycles. The van der Waals surface area contributed by atoms with Crippen LogP contribution in [-0.4, -0.2) is 54.2 Å². The molecule has 7 nitrogen and oxygen atoms in total. The van der Waals surface area contributed by atoms with E-state index >= 15 is 0 Å². The molecule has 41 heavy (non-hydrogen) atoms. The number of benzene rings is 1. The van der Waals surface area contributed by atoms with Crippen LogP contribution in [-0.2, 0) is 19.1 Å². The molecule has 0 amide bonds. The Morgan fingerprint density at radius 1 is 1.02 bits per heavy atom. The van der Waals surface area contributed by atoms with Crippen molar-refractivity contribution in [1.29, 1.82) is 0 Å². The zero-order valence-electron chi connectivity index (χ0n) is 25.2. The van der Waals surface area contributed by atoms with Crippen molar-refractivity contribution in [3.8, 4) is 5.75 Å². The lowest BCUT2D eigenvalue weighted by Gasteiger charge is -2.26. The third-order valence-corrected chi connectivity index (χ3v) is 7.95. The Morgan fingerprint density at radius 2 is 1.76 bits per heavy atom. The zero-order chi connectivity index (χ0) is 29.9. The molecular weight excluding hydrogens is 520 g/mol. The predicted octanol–water partition coefficient (Wildman–Crippen LogP) is 6.71. The molecule has 7 heteroatoms. The van der Waals surface area contributed by atoms with Crippen LogP contribution in [0.4, 0.5) is 0 Å². The summed E-state index contributed by atoms with van der Waals surface area (Å²) >= 11 is 0. The Hall–Kier alpha value is -2.64. The number of unbranched alkanes of at least 4 members (excludes halogenated alkanes) is 6. The average Bonchev–Trinajstić information content (AvgIpc) is 3.27. The summed E-state index contributed by atoms with van der Waals surface area (Å²) < 4.78 is 16.3. The van der Waals surface area contributed by atoms with Crippen molar-refractivity contribution in [3.05, 3.63) is 54.6 Å². The molecule has 1 aromatic rings. The second-order valence-corrected chi connectivity index (χ2v) is 11.2. The van der Waals surface area contributed by atoms with Crippen LogP contribution in [0, 0.1) is 11.8 Å². The number of hydrogen-bond donors (Lipinski definition) is 2.